The maximum Gasteiger partial charge on any atom is 0.230 e. The first-order valence-corrected chi connectivity index (χ1v) is 10.3. The van der Waals surface area contributed by atoms with E-state index < -0.39 is 16.1 Å². The number of aliphatic hydroxyl groups is 2. The van der Waals surface area contributed by atoms with E-state index >= 15 is 0 Å². The maximum absolute atomic E-state index is 11.4. The first kappa shape index (κ1) is 19.4. The quantitative estimate of drug-likeness (QED) is 0.371. The van der Waals surface area contributed by atoms with E-state index in [0.29, 0.717) is 16.7 Å². The lowest BCUT2D eigenvalue weighted by atomic mass is 10.2. The molecule has 0 aliphatic heterocycles. The van der Waals surface area contributed by atoms with Crippen molar-refractivity contribution in [2.75, 3.05) is 29.4 Å². The summed E-state index contributed by atoms with van der Waals surface area (Å²) < 4.78 is 25.2. The third-order valence-corrected chi connectivity index (χ3v) is 4.43. The van der Waals surface area contributed by atoms with Crippen molar-refractivity contribution in [2.45, 2.75) is 17.0 Å². The summed E-state index contributed by atoms with van der Waals surface area (Å²) in [4.78, 5) is 8.49. The molecule has 0 aliphatic carbocycles. The zero-order chi connectivity index (χ0) is 18.3. The van der Waals surface area contributed by atoms with Crippen LogP contribution in [-0.2, 0) is 15.8 Å². The molecule has 136 valence electrons. The average Bonchev–Trinajstić information content (AvgIpc) is 2.57. The molecule has 2 rings (SSSR count). The van der Waals surface area contributed by atoms with E-state index in [1.54, 1.807) is 0 Å². The van der Waals surface area contributed by atoms with Gasteiger partial charge in [0.1, 0.15) is 11.6 Å². The molecule has 0 amide bonds. The van der Waals surface area contributed by atoms with Crippen LogP contribution in [0.2, 0.25) is 0 Å². The molecule has 1 heterocycles. The first-order chi connectivity index (χ1) is 11.9. The van der Waals surface area contributed by atoms with Gasteiger partial charge in [-0.1, -0.05) is 42.1 Å². The van der Waals surface area contributed by atoms with Crippen molar-refractivity contribution < 1.29 is 18.6 Å². The van der Waals surface area contributed by atoms with Gasteiger partial charge in [0.05, 0.1) is 19.0 Å². The Morgan fingerprint density at radius 3 is 2.52 bits per heavy atom. The predicted octanol–water partition coefficient (Wildman–Crippen LogP) is 0.905. The smallest absolute Gasteiger partial charge is 0.230 e. The van der Waals surface area contributed by atoms with Gasteiger partial charge in [0.2, 0.25) is 10.0 Å². The second-order valence-corrected chi connectivity index (χ2v) is 7.98. The van der Waals surface area contributed by atoms with Crippen LogP contribution < -0.4 is 10.0 Å². The first-order valence-electron chi connectivity index (χ1n) is 7.42. The standard InChI is InChI=1S/C15H20N4O4S2/c1-25(22,23)19-14-7-13(16-8-12(21)9-20)17-15(18-14)24-10-11-5-3-2-4-6-11/h2-7,12,20-21H,8-10H2,1H3,(H2,16,17,18,19). The number of rotatable bonds is 9. The van der Waals surface area contributed by atoms with Gasteiger partial charge in [-0.25, -0.2) is 18.4 Å². The number of thioether (sulfide) groups is 1. The van der Waals surface area contributed by atoms with Gasteiger partial charge < -0.3 is 15.5 Å². The number of anilines is 2. The molecule has 1 unspecified atom stereocenters. The monoisotopic (exact) mass is 384 g/mol. The molecule has 0 saturated heterocycles. The predicted molar refractivity (Wildman–Crippen MR) is 98.1 cm³/mol. The van der Waals surface area contributed by atoms with Crippen LogP contribution in [0.4, 0.5) is 11.6 Å². The van der Waals surface area contributed by atoms with Crippen LogP contribution >= 0.6 is 11.8 Å². The summed E-state index contributed by atoms with van der Waals surface area (Å²) in [6.07, 6.45) is 0.0934. The summed E-state index contributed by atoms with van der Waals surface area (Å²) in [7, 11) is -3.48. The number of aromatic nitrogens is 2. The second kappa shape index (κ2) is 8.99. The van der Waals surface area contributed by atoms with Crippen molar-refractivity contribution >= 4 is 33.4 Å². The zero-order valence-electron chi connectivity index (χ0n) is 13.6. The maximum atomic E-state index is 11.4. The molecule has 4 N–H and O–H groups in total. The number of nitrogens with one attached hydrogen (secondary N) is 2. The molecule has 10 heteroatoms. The lowest BCUT2D eigenvalue weighted by Gasteiger charge is -2.12. The van der Waals surface area contributed by atoms with E-state index in [2.05, 4.69) is 20.0 Å². The van der Waals surface area contributed by atoms with Crippen LogP contribution in [0.3, 0.4) is 0 Å². The highest BCUT2D eigenvalue weighted by molar-refractivity contribution is 7.98. The van der Waals surface area contributed by atoms with Crippen LogP contribution in [0.25, 0.3) is 0 Å². The van der Waals surface area contributed by atoms with Gasteiger partial charge in [0, 0.05) is 18.4 Å². The summed E-state index contributed by atoms with van der Waals surface area (Å²) in [6.45, 7) is -0.309. The number of nitrogens with zero attached hydrogens (tertiary/aromatic N) is 2. The Morgan fingerprint density at radius 1 is 1.20 bits per heavy atom. The molecule has 0 saturated carbocycles. The Kier molecular flexibility index (Phi) is 7.00. The molecule has 0 fully saturated rings. The SMILES string of the molecule is CS(=O)(=O)Nc1cc(NCC(O)CO)nc(SCc2ccccc2)n1. The van der Waals surface area contributed by atoms with E-state index in [-0.39, 0.29) is 19.0 Å². The number of aliphatic hydroxyl groups excluding tert-OH is 2. The van der Waals surface area contributed by atoms with Crippen molar-refractivity contribution in [3.05, 3.63) is 42.0 Å². The second-order valence-electron chi connectivity index (χ2n) is 5.29. The highest BCUT2D eigenvalue weighted by Crippen LogP contribution is 2.23. The van der Waals surface area contributed by atoms with E-state index in [1.807, 2.05) is 30.3 Å². The molecule has 2 aromatic rings. The largest absolute Gasteiger partial charge is 0.394 e. The molecule has 25 heavy (non-hydrogen) atoms. The van der Waals surface area contributed by atoms with Crippen LogP contribution in [-0.4, -0.2) is 54.1 Å². The van der Waals surface area contributed by atoms with E-state index in [1.165, 1.54) is 17.8 Å². The van der Waals surface area contributed by atoms with Gasteiger partial charge in [-0.2, -0.15) is 0 Å². The molecule has 1 aromatic carbocycles. The fourth-order valence-corrected chi connectivity index (χ4v) is 3.13. The normalized spacial score (nSPS) is 12.6. The lowest BCUT2D eigenvalue weighted by Crippen LogP contribution is -2.23. The van der Waals surface area contributed by atoms with Crippen LogP contribution in [0, 0.1) is 0 Å². The van der Waals surface area contributed by atoms with Crippen molar-refractivity contribution in [2.24, 2.45) is 0 Å². The molecule has 1 aromatic heterocycles. The number of benzene rings is 1. The Hall–Kier alpha value is -1.88. The van der Waals surface area contributed by atoms with Crippen LogP contribution in [0.15, 0.2) is 41.6 Å². The van der Waals surface area contributed by atoms with Crippen molar-refractivity contribution in [1.82, 2.24) is 9.97 Å². The fourth-order valence-electron chi connectivity index (χ4n) is 1.83. The van der Waals surface area contributed by atoms with Gasteiger partial charge in [-0.05, 0) is 5.56 Å². The third kappa shape index (κ3) is 7.26. The molecular formula is C15H20N4O4S2. The van der Waals surface area contributed by atoms with Crippen molar-refractivity contribution in [3.8, 4) is 0 Å². The molecule has 0 bridgehead atoms. The lowest BCUT2D eigenvalue weighted by molar-refractivity contribution is 0.105. The number of sulfonamides is 1. The molecular weight excluding hydrogens is 364 g/mol. The minimum Gasteiger partial charge on any atom is -0.394 e. The summed E-state index contributed by atoms with van der Waals surface area (Å²) >= 11 is 1.36. The average molecular weight is 384 g/mol. The highest BCUT2D eigenvalue weighted by Gasteiger charge is 2.10. The van der Waals surface area contributed by atoms with Crippen molar-refractivity contribution in [3.63, 3.8) is 0 Å². The van der Waals surface area contributed by atoms with E-state index in [4.69, 9.17) is 5.11 Å². The fraction of sp³-hybridized carbons (Fsp3) is 0.333. The zero-order valence-corrected chi connectivity index (χ0v) is 15.2. The summed E-state index contributed by atoms with van der Waals surface area (Å²) in [5.74, 6) is 1.11. The Balaban J connectivity index is 2.16. The summed E-state index contributed by atoms with van der Waals surface area (Å²) in [5, 5.41) is 21.5. The van der Waals surface area contributed by atoms with Gasteiger partial charge in [-0.3, -0.25) is 4.72 Å². The summed E-state index contributed by atoms with van der Waals surface area (Å²) in [6, 6.07) is 11.2. The third-order valence-electron chi connectivity index (χ3n) is 2.94. The number of hydrogen-bond donors (Lipinski definition) is 4. The van der Waals surface area contributed by atoms with Crippen LogP contribution in [0.1, 0.15) is 5.56 Å². The highest BCUT2D eigenvalue weighted by atomic mass is 32.2. The van der Waals surface area contributed by atoms with Gasteiger partial charge in [0.25, 0.3) is 0 Å². The topological polar surface area (TPSA) is 124 Å². The van der Waals surface area contributed by atoms with Gasteiger partial charge >= 0.3 is 0 Å². The Bertz CT molecular complexity index is 787. The number of hydrogen-bond acceptors (Lipinski definition) is 8. The van der Waals surface area contributed by atoms with E-state index in [0.717, 1.165) is 11.8 Å². The van der Waals surface area contributed by atoms with Gasteiger partial charge in [-0.15, -0.1) is 0 Å². The van der Waals surface area contributed by atoms with Crippen LogP contribution in [0.5, 0.6) is 0 Å². The molecule has 0 spiro atoms. The Labute approximate surface area is 150 Å². The van der Waals surface area contributed by atoms with E-state index in [9.17, 15) is 13.5 Å². The summed E-state index contributed by atoms with van der Waals surface area (Å²) in [5.41, 5.74) is 1.09. The van der Waals surface area contributed by atoms with Crippen molar-refractivity contribution in [1.29, 1.82) is 0 Å². The molecule has 0 aliphatic rings. The van der Waals surface area contributed by atoms with Gasteiger partial charge in [0.15, 0.2) is 5.16 Å². The minimum absolute atomic E-state index is 0.0780. The Morgan fingerprint density at radius 2 is 1.88 bits per heavy atom. The molecule has 8 nitrogen and oxygen atoms in total. The minimum atomic E-state index is -3.48. The molecule has 1 atom stereocenters. The molecule has 0 radical (unpaired) electrons.